The number of hydrogen-bond acceptors (Lipinski definition) is 2. The molecule has 0 radical (unpaired) electrons. The number of fused-ring (bicyclic) bond motifs is 1. The van der Waals surface area contributed by atoms with E-state index in [0.717, 1.165) is 33.8 Å². The van der Waals surface area contributed by atoms with Crippen molar-refractivity contribution in [2.45, 2.75) is 20.3 Å². The zero-order chi connectivity index (χ0) is 15.0. The van der Waals surface area contributed by atoms with E-state index in [1.807, 2.05) is 48.9 Å². The molecule has 0 unspecified atom stereocenters. The fraction of sp³-hybridized carbons (Fsp3) is 0.250. The number of hydrogen-bond donors (Lipinski definition) is 0. The standard InChI is InChI=1S/C16H15Cl2N3/c1-10-3-4-12(18)14(8-10)21-15(5-6-17)20-13-7-11(2)9-19-16(13)21/h3-4,7-9H,5-6H2,1-2H3. The van der Waals surface area contributed by atoms with Crippen LogP contribution in [-0.4, -0.2) is 20.4 Å². The van der Waals surface area contributed by atoms with Crippen molar-refractivity contribution in [2.24, 2.45) is 0 Å². The Balaban J connectivity index is 2.33. The van der Waals surface area contributed by atoms with Crippen LogP contribution in [0.25, 0.3) is 16.9 Å². The van der Waals surface area contributed by atoms with Crippen LogP contribution in [0, 0.1) is 13.8 Å². The Hall–Kier alpha value is -1.58. The van der Waals surface area contributed by atoms with Gasteiger partial charge in [0.15, 0.2) is 5.65 Å². The van der Waals surface area contributed by atoms with Crippen LogP contribution < -0.4 is 0 Å². The second-order valence-corrected chi connectivity index (χ2v) is 5.90. The third-order valence-electron chi connectivity index (χ3n) is 3.36. The summed E-state index contributed by atoms with van der Waals surface area (Å²) in [5.41, 5.74) is 4.80. The van der Waals surface area contributed by atoms with Crippen molar-refractivity contribution in [2.75, 3.05) is 5.88 Å². The number of aryl methyl sites for hydroxylation is 3. The largest absolute Gasteiger partial charge is 0.279 e. The molecule has 3 aromatic rings. The van der Waals surface area contributed by atoms with Crippen molar-refractivity contribution in [1.82, 2.24) is 14.5 Å². The molecule has 0 atom stereocenters. The average molecular weight is 320 g/mol. The van der Waals surface area contributed by atoms with Crippen LogP contribution in [0.1, 0.15) is 17.0 Å². The number of halogens is 2. The van der Waals surface area contributed by atoms with E-state index in [2.05, 4.69) is 9.97 Å². The van der Waals surface area contributed by atoms with Crippen molar-refractivity contribution in [3.8, 4) is 5.69 Å². The van der Waals surface area contributed by atoms with Gasteiger partial charge in [0.2, 0.25) is 0 Å². The quantitative estimate of drug-likeness (QED) is 0.667. The molecule has 21 heavy (non-hydrogen) atoms. The summed E-state index contributed by atoms with van der Waals surface area (Å²) >= 11 is 12.3. The molecule has 0 N–H and O–H groups in total. The first kappa shape index (κ1) is 14.4. The number of rotatable bonds is 3. The van der Waals surface area contributed by atoms with Crippen LogP contribution in [0.4, 0.5) is 0 Å². The molecule has 108 valence electrons. The van der Waals surface area contributed by atoms with Crippen LogP contribution in [0.3, 0.4) is 0 Å². The molecule has 5 heteroatoms. The Morgan fingerprint density at radius 2 is 1.95 bits per heavy atom. The summed E-state index contributed by atoms with van der Waals surface area (Å²) in [6, 6.07) is 7.96. The molecular formula is C16H15Cl2N3. The smallest absolute Gasteiger partial charge is 0.164 e. The van der Waals surface area contributed by atoms with Crippen LogP contribution in [0.5, 0.6) is 0 Å². The Morgan fingerprint density at radius 3 is 2.71 bits per heavy atom. The van der Waals surface area contributed by atoms with Gasteiger partial charge in [0.05, 0.1) is 10.7 Å². The molecule has 0 aliphatic carbocycles. The molecule has 0 aliphatic heterocycles. The van der Waals surface area contributed by atoms with Crippen molar-refractivity contribution in [1.29, 1.82) is 0 Å². The lowest BCUT2D eigenvalue weighted by molar-refractivity contribution is 0.904. The lowest BCUT2D eigenvalue weighted by Crippen LogP contribution is -2.04. The van der Waals surface area contributed by atoms with Gasteiger partial charge in [-0.1, -0.05) is 17.7 Å². The fourth-order valence-corrected chi connectivity index (χ4v) is 2.78. The number of imidazole rings is 1. The minimum Gasteiger partial charge on any atom is -0.279 e. The lowest BCUT2D eigenvalue weighted by atomic mass is 10.2. The Morgan fingerprint density at radius 1 is 1.14 bits per heavy atom. The zero-order valence-electron chi connectivity index (χ0n) is 11.9. The van der Waals surface area contributed by atoms with Gasteiger partial charge in [0.25, 0.3) is 0 Å². The minimum absolute atomic E-state index is 0.506. The summed E-state index contributed by atoms with van der Waals surface area (Å²) in [7, 11) is 0. The van der Waals surface area contributed by atoms with Crippen molar-refractivity contribution in [3.63, 3.8) is 0 Å². The first-order valence-corrected chi connectivity index (χ1v) is 7.68. The number of pyridine rings is 1. The summed E-state index contributed by atoms with van der Waals surface area (Å²) in [4.78, 5) is 9.20. The van der Waals surface area contributed by atoms with Crippen LogP contribution >= 0.6 is 23.2 Å². The second kappa shape index (κ2) is 5.66. The fourth-order valence-electron chi connectivity index (χ4n) is 2.41. The highest BCUT2D eigenvalue weighted by atomic mass is 35.5. The highest BCUT2D eigenvalue weighted by molar-refractivity contribution is 6.32. The maximum atomic E-state index is 6.38. The predicted molar refractivity (Wildman–Crippen MR) is 87.8 cm³/mol. The molecule has 3 rings (SSSR count). The number of alkyl halides is 1. The SMILES string of the molecule is Cc1ccc(Cl)c(-n2c(CCCl)nc3cc(C)cnc32)c1. The second-order valence-electron chi connectivity index (χ2n) is 5.11. The van der Waals surface area contributed by atoms with Crippen molar-refractivity contribution >= 4 is 34.4 Å². The summed E-state index contributed by atoms with van der Waals surface area (Å²) in [5, 5.41) is 0.679. The van der Waals surface area contributed by atoms with Gasteiger partial charge in [0, 0.05) is 18.5 Å². The molecule has 3 nitrogen and oxygen atoms in total. The number of aromatic nitrogens is 3. The van der Waals surface area contributed by atoms with Crippen molar-refractivity contribution in [3.05, 3.63) is 52.4 Å². The predicted octanol–water partition coefficient (Wildman–Crippen LogP) is 4.47. The normalized spacial score (nSPS) is 11.2. The van der Waals surface area contributed by atoms with E-state index in [1.165, 1.54) is 0 Å². The van der Waals surface area contributed by atoms with E-state index in [1.54, 1.807) is 0 Å². The molecule has 2 aromatic heterocycles. The average Bonchev–Trinajstić information content (AvgIpc) is 2.79. The first-order valence-electron chi connectivity index (χ1n) is 6.76. The van der Waals surface area contributed by atoms with Gasteiger partial charge in [-0.2, -0.15) is 0 Å². The van der Waals surface area contributed by atoms with Crippen LogP contribution in [-0.2, 0) is 6.42 Å². The number of benzene rings is 1. The van der Waals surface area contributed by atoms with E-state index in [0.29, 0.717) is 17.3 Å². The number of nitrogens with zero attached hydrogens (tertiary/aromatic N) is 3. The first-order chi connectivity index (χ1) is 10.1. The van der Waals surface area contributed by atoms with Gasteiger partial charge < -0.3 is 0 Å². The monoisotopic (exact) mass is 319 g/mol. The third-order valence-corrected chi connectivity index (χ3v) is 3.87. The molecule has 0 saturated heterocycles. The molecule has 0 aliphatic rings. The zero-order valence-corrected chi connectivity index (χ0v) is 13.4. The summed E-state index contributed by atoms with van der Waals surface area (Å²) in [6.07, 6.45) is 2.51. The molecule has 2 heterocycles. The molecule has 0 spiro atoms. The Labute approximate surface area is 133 Å². The lowest BCUT2D eigenvalue weighted by Gasteiger charge is -2.11. The summed E-state index contributed by atoms with van der Waals surface area (Å²) in [5.74, 6) is 1.39. The highest BCUT2D eigenvalue weighted by Crippen LogP contribution is 2.27. The van der Waals surface area contributed by atoms with Crippen molar-refractivity contribution < 1.29 is 0 Å². The minimum atomic E-state index is 0.506. The van der Waals surface area contributed by atoms with E-state index in [4.69, 9.17) is 23.2 Å². The third kappa shape index (κ3) is 2.63. The van der Waals surface area contributed by atoms with Gasteiger partial charge in [-0.05, 0) is 43.2 Å². The summed E-state index contributed by atoms with van der Waals surface area (Å²) in [6.45, 7) is 4.05. The van der Waals surface area contributed by atoms with Gasteiger partial charge >= 0.3 is 0 Å². The summed E-state index contributed by atoms with van der Waals surface area (Å²) < 4.78 is 2.01. The van der Waals surface area contributed by atoms with Crippen LogP contribution in [0.15, 0.2) is 30.5 Å². The molecule has 0 bridgehead atoms. The van der Waals surface area contributed by atoms with E-state index in [9.17, 15) is 0 Å². The topological polar surface area (TPSA) is 30.7 Å². The van der Waals surface area contributed by atoms with Gasteiger partial charge in [-0.15, -0.1) is 11.6 Å². The molecule has 0 fully saturated rings. The molecule has 0 amide bonds. The molecule has 0 saturated carbocycles. The van der Waals surface area contributed by atoms with Gasteiger partial charge in [-0.25, -0.2) is 9.97 Å². The molecular weight excluding hydrogens is 305 g/mol. The van der Waals surface area contributed by atoms with Gasteiger partial charge in [0.1, 0.15) is 11.3 Å². The van der Waals surface area contributed by atoms with Crippen LogP contribution in [0.2, 0.25) is 5.02 Å². The van der Waals surface area contributed by atoms with E-state index < -0.39 is 0 Å². The Bertz CT molecular complexity index is 809. The maximum absolute atomic E-state index is 6.38. The molecule has 1 aromatic carbocycles. The highest BCUT2D eigenvalue weighted by Gasteiger charge is 2.15. The van der Waals surface area contributed by atoms with Gasteiger partial charge in [-0.3, -0.25) is 4.57 Å². The van der Waals surface area contributed by atoms with E-state index in [-0.39, 0.29) is 0 Å². The Kier molecular flexibility index (Phi) is 3.87. The maximum Gasteiger partial charge on any atom is 0.164 e. The van der Waals surface area contributed by atoms with E-state index >= 15 is 0 Å².